The number of thioether (sulfide) groups is 1. The monoisotopic (exact) mass is 323 g/mol. The van der Waals surface area contributed by atoms with Crippen molar-refractivity contribution in [3.63, 3.8) is 0 Å². The molecule has 1 unspecified atom stereocenters. The van der Waals surface area contributed by atoms with E-state index in [4.69, 9.17) is 5.11 Å². The number of amides is 1. The van der Waals surface area contributed by atoms with Crippen LogP contribution in [0.1, 0.15) is 16.8 Å². The minimum atomic E-state index is -0.420. The summed E-state index contributed by atoms with van der Waals surface area (Å²) in [4.78, 5) is 12.4. The van der Waals surface area contributed by atoms with Gasteiger partial charge in [-0.05, 0) is 24.8 Å². The van der Waals surface area contributed by atoms with Crippen LogP contribution in [0.3, 0.4) is 0 Å². The van der Waals surface area contributed by atoms with E-state index in [1.54, 1.807) is 30.0 Å². The summed E-state index contributed by atoms with van der Waals surface area (Å²) < 4.78 is 13.9. The Balaban J connectivity index is 2.21. The van der Waals surface area contributed by atoms with Gasteiger partial charge in [0.05, 0.1) is 17.5 Å². The molecule has 0 bridgehead atoms. The zero-order valence-electron chi connectivity index (χ0n) is 12.2. The van der Waals surface area contributed by atoms with Crippen LogP contribution in [-0.4, -0.2) is 45.9 Å². The fourth-order valence-corrected chi connectivity index (χ4v) is 2.80. The molecule has 0 radical (unpaired) electrons. The Bertz CT molecular complexity index is 627. The third-order valence-corrected chi connectivity index (χ3v) is 3.94. The van der Waals surface area contributed by atoms with E-state index in [-0.39, 0.29) is 24.1 Å². The first-order chi connectivity index (χ1) is 10.7. The highest BCUT2D eigenvalue weighted by Crippen LogP contribution is 2.24. The minimum Gasteiger partial charge on any atom is -0.396 e. The maximum Gasteiger partial charge on any atom is 0.255 e. The van der Waals surface area contributed by atoms with Crippen LogP contribution >= 0.6 is 11.8 Å². The van der Waals surface area contributed by atoms with E-state index >= 15 is 0 Å². The van der Waals surface area contributed by atoms with Crippen LogP contribution in [0.15, 0.2) is 30.5 Å². The van der Waals surface area contributed by atoms with Crippen molar-refractivity contribution >= 4 is 17.7 Å². The van der Waals surface area contributed by atoms with Gasteiger partial charge in [0.15, 0.2) is 0 Å². The molecule has 0 saturated carbocycles. The SMILES string of the molecule is CSCC(CCO)NC(=O)c1cn[nH]c1-c1ccccc1F. The Morgan fingerprint density at radius 3 is 2.95 bits per heavy atom. The average Bonchev–Trinajstić information content (AvgIpc) is 2.97. The van der Waals surface area contributed by atoms with Gasteiger partial charge in [-0.3, -0.25) is 9.89 Å². The van der Waals surface area contributed by atoms with Crippen molar-refractivity contribution < 1.29 is 14.3 Å². The average molecular weight is 323 g/mol. The van der Waals surface area contributed by atoms with Gasteiger partial charge >= 0.3 is 0 Å². The molecule has 1 heterocycles. The first-order valence-corrected chi connectivity index (χ1v) is 8.25. The highest BCUT2D eigenvalue weighted by molar-refractivity contribution is 7.98. The quantitative estimate of drug-likeness (QED) is 0.729. The second-order valence-corrected chi connectivity index (χ2v) is 5.69. The summed E-state index contributed by atoms with van der Waals surface area (Å²) in [5.74, 6) is -0.0598. The number of carbonyl (C=O) groups excluding carboxylic acids is 1. The third kappa shape index (κ3) is 3.86. The number of rotatable bonds is 7. The standard InChI is InChI=1S/C15H18FN3O2S/c1-22-9-10(6-7-20)18-15(21)12-8-17-19-14(12)11-4-2-3-5-13(11)16/h2-5,8,10,20H,6-7,9H2,1H3,(H,17,19)(H,18,21). The number of benzene rings is 1. The van der Waals surface area contributed by atoms with Crippen molar-refractivity contribution in [1.82, 2.24) is 15.5 Å². The summed E-state index contributed by atoms with van der Waals surface area (Å²) in [6, 6.07) is 6.07. The van der Waals surface area contributed by atoms with E-state index in [9.17, 15) is 9.18 Å². The molecule has 0 saturated heterocycles. The van der Waals surface area contributed by atoms with Gasteiger partial charge in [-0.15, -0.1) is 0 Å². The van der Waals surface area contributed by atoms with E-state index < -0.39 is 5.82 Å². The van der Waals surface area contributed by atoms with Crippen molar-refractivity contribution in [2.75, 3.05) is 18.6 Å². The first-order valence-electron chi connectivity index (χ1n) is 6.86. The third-order valence-electron chi connectivity index (χ3n) is 3.21. The van der Waals surface area contributed by atoms with Crippen molar-refractivity contribution in [2.45, 2.75) is 12.5 Å². The number of nitrogens with zero attached hydrogens (tertiary/aromatic N) is 1. The van der Waals surface area contributed by atoms with E-state index in [2.05, 4.69) is 15.5 Å². The summed E-state index contributed by atoms with van der Waals surface area (Å²) in [6.45, 7) is -0.00291. The van der Waals surface area contributed by atoms with Gasteiger partial charge in [-0.25, -0.2) is 4.39 Å². The fourth-order valence-electron chi connectivity index (χ4n) is 2.14. The molecule has 7 heteroatoms. The number of aromatic nitrogens is 2. The molecule has 3 N–H and O–H groups in total. The lowest BCUT2D eigenvalue weighted by Crippen LogP contribution is -2.37. The second kappa shape index (κ2) is 7.95. The number of H-pyrrole nitrogens is 1. The Morgan fingerprint density at radius 2 is 2.27 bits per heavy atom. The zero-order valence-corrected chi connectivity index (χ0v) is 13.0. The van der Waals surface area contributed by atoms with Gasteiger partial charge < -0.3 is 10.4 Å². The number of halogens is 1. The van der Waals surface area contributed by atoms with Crippen molar-refractivity contribution in [3.8, 4) is 11.3 Å². The van der Waals surface area contributed by atoms with E-state index in [0.29, 0.717) is 23.4 Å². The number of nitrogens with one attached hydrogen (secondary N) is 2. The Hall–Kier alpha value is -1.86. The van der Waals surface area contributed by atoms with Gasteiger partial charge in [0.25, 0.3) is 5.91 Å². The maximum absolute atomic E-state index is 13.9. The van der Waals surface area contributed by atoms with Crippen LogP contribution in [0, 0.1) is 5.82 Å². The molecule has 2 rings (SSSR count). The predicted octanol–water partition coefficient (Wildman–Crippen LogP) is 2.06. The summed E-state index contributed by atoms with van der Waals surface area (Å²) in [7, 11) is 0. The van der Waals surface area contributed by atoms with Crippen molar-refractivity contribution in [2.24, 2.45) is 0 Å². The van der Waals surface area contributed by atoms with Crippen LogP contribution in [-0.2, 0) is 0 Å². The Labute approximate surface area is 132 Å². The zero-order chi connectivity index (χ0) is 15.9. The van der Waals surface area contributed by atoms with Crippen LogP contribution in [0.2, 0.25) is 0 Å². The van der Waals surface area contributed by atoms with Crippen LogP contribution in [0.25, 0.3) is 11.3 Å². The molecule has 118 valence electrons. The van der Waals surface area contributed by atoms with Gasteiger partial charge in [-0.1, -0.05) is 12.1 Å². The molecule has 22 heavy (non-hydrogen) atoms. The minimum absolute atomic E-state index is 0.00291. The number of hydrogen-bond acceptors (Lipinski definition) is 4. The molecule has 1 aromatic heterocycles. The Morgan fingerprint density at radius 1 is 1.50 bits per heavy atom. The smallest absolute Gasteiger partial charge is 0.255 e. The Kier molecular flexibility index (Phi) is 5.97. The lowest BCUT2D eigenvalue weighted by Gasteiger charge is -2.16. The molecule has 0 aliphatic carbocycles. The molecule has 0 aliphatic heterocycles. The molecule has 5 nitrogen and oxygen atoms in total. The molecule has 1 aromatic carbocycles. The molecule has 0 fully saturated rings. The molecular formula is C15H18FN3O2S. The highest BCUT2D eigenvalue weighted by Gasteiger charge is 2.20. The summed E-state index contributed by atoms with van der Waals surface area (Å²) in [6.07, 6.45) is 3.78. The second-order valence-electron chi connectivity index (χ2n) is 4.78. The van der Waals surface area contributed by atoms with Crippen LogP contribution in [0.5, 0.6) is 0 Å². The number of hydrogen-bond donors (Lipinski definition) is 3. The highest BCUT2D eigenvalue weighted by atomic mass is 32.2. The number of aliphatic hydroxyl groups excluding tert-OH is 1. The van der Waals surface area contributed by atoms with E-state index in [1.807, 2.05) is 6.26 Å². The van der Waals surface area contributed by atoms with E-state index in [1.165, 1.54) is 12.3 Å². The largest absolute Gasteiger partial charge is 0.396 e. The first kappa shape index (κ1) is 16.5. The number of aliphatic hydroxyl groups is 1. The molecule has 2 aromatic rings. The molecule has 1 atom stereocenters. The van der Waals surface area contributed by atoms with Gasteiger partial charge in [0, 0.05) is 24.0 Å². The predicted molar refractivity (Wildman–Crippen MR) is 85.3 cm³/mol. The number of aromatic amines is 1. The van der Waals surface area contributed by atoms with Crippen LogP contribution < -0.4 is 5.32 Å². The van der Waals surface area contributed by atoms with E-state index in [0.717, 1.165) is 0 Å². The molecule has 0 spiro atoms. The van der Waals surface area contributed by atoms with Gasteiger partial charge in [0.2, 0.25) is 0 Å². The van der Waals surface area contributed by atoms with Crippen molar-refractivity contribution in [1.29, 1.82) is 0 Å². The maximum atomic E-state index is 13.9. The topological polar surface area (TPSA) is 78.0 Å². The summed E-state index contributed by atoms with van der Waals surface area (Å²) in [5, 5.41) is 18.4. The normalized spacial score (nSPS) is 12.1. The molecule has 0 aliphatic rings. The summed E-state index contributed by atoms with van der Waals surface area (Å²) in [5.41, 5.74) is 0.936. The van der Waals surface area contributed by atoms with Crippen LogP contribution in [0.4, 0.5) is 4.39 Å². The lowest BCUT2D eigenvalue weighted by molar-refractivity contribution is 0.0936. The molecule has 1 amide bonds. The summed E-state index contributed by atoms with van der Waals surface area (Å²) >= 11 is 1.58. The lowest BCUT2D eigenvalue weighted by atomic mass is 10.1. The van der Waals surface area contributed by atoms with Crippen molar-refractivity contribution in [3.05, 3.63) is 41.8 Å². The fraction of sp³-hybridized carbons (Fsp3) is 0.333. The number of carbonyl (C=O) groups is 1. The van der Waals surface area contributed by atoms with Gasteiger partial charge in [-0.2, -0.15) is 16.9 Å². The molecular weight excluding hydrogens is 305 g/mol. The van der Waals surface area contributed by atoms with Gasteiger partial charge in [0.1, 0.15) is 5.82 Å².